The molecule has 4 N–H and O–H groups in total. The molecule has 1 saturated heterocycles. The van der Waals surface area contributed by atoms with Gasteiger partial charge in [-0.05, 0) is 23.8 Å². The summed E-state index contributed by atoms with van der Waals surface area (Å²) in [6.45, 7) is -0.0281. The van der Waals surface area contributed by atoms with Crippen LogP contribution in [0.2, 0.25) is 0 Å². The van der Waals surface area contributed by atoms with E-state index in [1.165, 1.54) is 24.3 Å². The van der Waals surface area contributed by atoms with Gasteiger partial charge in [0.25, 0.3) is 11.8 Å². The number of carbonyl (C=O) groups is 6. The first-order valence-corrected chi connectivity index (χ1v) is 14.8. The Morgan fingerprint density at radius 2 is 1.72 bits per heavy atom. The largest absolute Gasteiger partial charge is 1.00 e. The van der Waals surface area contributed by atoms with Gasteiger partial charge < -0.3 is 54.5 Å². The van der Waals surface area contributed by atoms with Crippen LogP contribution in [-0.4, -0.2) is 81.1 Å². The van der Waals surface area contributed by atoms with Crippen LogP contribution in [0.3, 0.4) is 0 Å². The van der Waals surface area contributed by atoms with E-state index in [0.29, 0.717) is 0 Å². The predicted molar refractivity (Wildman–Crippen MR) is 157 cm³/mol. The molecule has 0 saturated carbocycles. The number of β-lactam (4-membered cyclic amide) rings is 1. The van der Waals surface area contributed by atoms with Crippen molar-refractivity contribution < 1.29 is 122 Å². The maximum atomic E-state index is 13.7. The number of amides is 3. The molecule has 20 heteroatoms. The molecule has 2 aliphatic rings. The maximum Gasteiger partial charge on any atom is 1.00 e. The van der Waals surface area contributed by atoms with Crippen LogP contribution >= 0.6 is 11.8 Å². The molecule has 0 bridgehead atoms. The van der Waals surface area contributed by atoms with Gasteiger partial charge in [0.1, 0.15) is 53.8 Å². The van der Waals surface area contributed by atoms with E-state index in [-0.39, 0.29) is 99.3 Å². The Bertz CT molecular complexity index is 1970. The summed E-state index contributed by atoms with van der Waals surface area (Å²) in [4.78, 5) is 88.1. The average Bonchev–Trinajstić information content (AvgIpc) is 3.04. The van der Waals surface area contributed by atoms with Gasteiger partial charge >= 0.3 is 65.1 Å². The molecule has 250 valence electrons. The van der Waals surface area contributed by atoms with Crippen molar-refractivity contribution in [1.82, 2.24) is 15.5 Å². The van der Waals surface area contributed by atoms with E-state index in [0.717, 1.165) is 42.0 Å². The van der Waals surface area contributed by atoms with Gasteiger partial charge in [0.15, 0.2) is 11.5 Å². The fourth-order valence-corrected chi connectivity index (χ4v) is 6.25. The molecule has 50 heavy (non-hydrogen) atoms. The van der Waals surface area contributed by atoms with Crippen LogP contribution in [0.25, 0.3) is 11.0 Å². The van der Waals surface area contributed by atoms with Crippen LogP contribution in [0.15, 0.2) is 63.1 Å². The molecule has 0 spiro atoms. The molecule has 1 aromatic heterocycles. The smallest absolute Gasteiger partial charge is 0.546 e. The third-order valence-corrected chi connectivity index (χ3v) is 8.55. The number of carbonyl (C=O) groups excluding carboxylic acids is 6. The van der Waals surface area contributed by atoms with Gasteiger partial charge in [0.05, 0.1) is 23.0 Å². The summed E-state index contributed by atoms with van der Waals surface area (Å²) in [6, 6.07) is 4.20. The van der Waals surface area contributed by atoms with Crippen LogP contribution in [0.5, 0.6) is 17.2 Å². The number of nitrogens with one attached hydrogen (secondary N) is 2. The molecule has 0 radical (unpaired) electrons. The SMILES string of the molecule is CC(=O)OCC1=C(C(=O)[O-])N2C(=O)[C@@H](NC(=O)C(NC(=O)c3coc4cc(O)c(O)cc4c3=O)c3ccc(OCC(=O)[O-])cc3)[C@@H]2SC1.[Na+].[Na+]. The summed E-state index contributed by atoms with van der Waals surface area (Å²) in [5.41, 5.74) is -1.93. The van der Waals surface area contributed by atoms with Crippen molar-refractivity contribution in [3.8, 4) is 17.2 Å². The number of hydrogen-bond donors (Lipinski definition) is 4. The number of aromatic hydroxyl groups is 2. The van der Waals surface area contributed by atoms with E-state index in [9.17, 15) is 54.0 Å². The zero-order valence-corrected chi connectivity index (χ0v) is 31.4. The summed E-state index contributed by atoms with van der Waals surface area (Å²) in [6.07, 6.45) is 0.787. The number of ether oxygens (including phenoxy) is 2. The number of carboxylic acid groups (broad SMARTS) is 2. The molecule has 2 aromatic carbocycles. The second-order valence-corrected chi connectivity index (χ2v) is 11.5. The number of rotatable bonds is 11. The number of nitrogens with zero attached hydrogens (tertiary/aromatic N) is 1. The Kier molecular flexibility index (Phi) is 13.6. The van der Waals surface area contributed by atoms with Gasteiger partial charge in [-0.25, -0.2) is 0 Å². The van der Waals surface area contributed by atoms with Crippen molar-refractivity contribution in [3.63, 3.8) is 0 Å². The standard InChI is InChI=1S/C30H25N3O14S.2Na/c1-12(34)45-8-14-11-48-29-23(28(42)33(29)24(14)30(43)44)32-27(41)22(13-2-4-15(5-3-13)46-10-21(37)38)31-26(40)17-9-47-20-7-19(36)18(35)6-16(20)25(17)39;;/h2-7,9,22-23,29,35-36H,8,10-11H2,1H3,(H,31,40)(H,32,41)(H,37,38)(H,43,44);;/q;2*+1/p-2/t22?,23-,29+;;/m1../s1. The second-order valence-electron chi connectivity index (χ2n) is 10.4. The fourth-order valence-electron chi connectivity index (χ4n) is 4.93. The normalized spacial score (nSPS) is 16.8. The van der Waals surface area contributed by atoms with E-state index in [1.54, 1.807) is 0 Å². The predicted octanol–water partition coefficient (Wildman–Crippen LogP) is -8.22. The topological polar surface area (TPSA) is 265 Å². The van der Waals surface area contributed by atoms with Crippen molar-refractivity contribution in [2.75, 3.05) is 19.0 Å². The second kappa shape index (κ2) is 16.8. The molecule has 1 fully saturated rings. The van der Waals surface area contributed by atoms with Crippen LogP contribution in [0.1, 0.15) is 28.9 Å². The minimum atomic E-state index is -1.69. The van der Waals surface area contributed by atoms with Gasteiger partial charge in [0, 0.05) is 24.3 Å². The number of carboxylic acids is 2. The minimum Gasteiger partial charge on any atom is -0.546 e. The first-order chi connectivity index (χ1) is 22.8. The number of fused-ring (bicyclic) bond motifs is 2. The van der Waals surface area contributed by atoms with Crippen molar-refractivity contribution >= 4 is 58.4 Å². The Hall–Kier alpha value is -4.04. The Morgan fingerprint density at radius 1 is 1.06 bits per heavy atom. The molecule has 3 heterocycles. The average molecular weight is 728 g/mol. The minimum absolute atomic E-state index is 0. The summed E-state index contributed by atoms with van der Waals surface area (Å²) in [5, 5.41) is 45.9. The van der Waals surface area contributed by atoms with Gasteiger partial charge in [0.2, 0.25) is 11.3 Å². The quantitative estimate of drug-likeness (QED) is 0.0619. The van der Waals surface area contributed by atoms with Crippen LogP contribution in [-0.2, 0) is 28.7 Å². The van der Waals surface area contributed by atoms with Crippen LogP contribution in [0, 0.1) is 0 Å². The zero-order valence-electron chi connectivity index (χ0n) is 26.5. The Labute approximate surface area is 329 Å². The third kappa shape index (κ3) is 8.45. The molecule has 3 atom stereocenters. The van der Waals surface area contributed by atoms with E-state index in [2.05, 4.69) is 10.6 Å². The molecular formula is C30H23N3Na2O14S. The van der Waals surface area contributed by atoms with Crippen LogP contribution in [0.4, 0.5) is 0 Å². The molecule has 2 aliphatic heterocycles. The number of hydrogen-bond acceptors (Lipinski definition) is 15. The molecule has 17 nitrogen and oxygen atoms in total. The van der Waals surface area contributed by atoms with Gasteiger partial charge in [-0.15, -0.1) is 11.8 Å². The first kappa shape index (κ1) is 40.4. The maximum absolute atomic E-state index is 13.7. The number of esters is 1. The monoisotopic (exact) mass is 727 g/mol. The van der Waals surface area contributed by atoms with Crippen molar-refractivity contribution in [1.29, 1.82) is 0 Å². The van der Waals surface area contributed by atoms with Gasteiger partial charge in [-0.1, -0.05) is 12.1 Å². The fraction of sp³-hybridized carbons (Fsp3) is 0.233. The van der Waals surface area contributed by atoms with E-state index in [4.69, 9.17) is 13.9 Å². The Balaban J connectivity index is 0.00000338. The van der Waals surface area contributed by atoms with E-state index >= 15 is 0 Å². The van der Waals surface area contributed by atoms with E-state index in [1.807, 2.05) is 0 Å². The third-order valence-electron chi connectivity index (χ3n) is 7.21. The number of aliphatic carboxylic acids is 2. The summed E-state index contributed by atoms with van der Waals surface area (Å²) >= 11 is 1.08. The Morgan fingerprint density at radius 3 is 2.34 bits per heavy atom. The molecule has 1 unspecified atom stereocenters. The molecule has 3 aromatic rings. The van der Waals surface area contributed by atoms with Gasteiger partial charge in [-0.2, -0.15) is 0 Å². The molecule has 3 amide bonds. The number of thioether (sulfide) groups is 1. The van der Waals surface area contributed by atoms with Crippen molar-refractivity contribution in [3.05, 3.63) is 75.3 Å². The molecule has 5 rings (SSSR count). The first-order valence-electron chi connectivity index (χ1n) is 13.8. The summed E-state index contributed by atoms with van der Waals surface area (Å²) < 4.78 is 15.2. The molecular weight excluding hydrogens is 704 g/mol. The van der Waals surface area contributed by atoms with Crippen molar-refractivity contribution in [2.45, 2.75) is 24.4 Å². The molecule has 0 aliphatic carbocycles. The van der Waals surface area contributed by atoms with E-state index < -0.39 is 87.9 Å². The zero-order chi connectivity index (χ0) is 34.9. The van der Waals surface area contributed by atoms with Crippen LogP contribution < -0.4 is 90.1 Å². The number of phenols is 2. The number of benzene rings is 2. The van der Waals surface area contributed by atoms with Crippen molar-refractivity contribution in [2.24, 2.45) is 0 Å². The number of phenolic OH excluding ortho intramolecular Hbond substituents is 2. The summed E-state index contributed by atoms with van der Waals surface area (Å²) in [7, 11) is 0. The van der Waals surface area contributed by atoms with Gasteiger partial charge in [-0.3, -0.25) is 28.9 Å². The summed E-state index contributed by atoms with van der Waals surface area (Å²) in [5.74, 6) is -7.87.